The minimum Gasteiger partial charge on any atom is -0.468 e. The van der Waals surface area contributed by atoms with E-state index in [0.717, 1.165) is 0 Å². The lowest BCUT2D eigenvalue weighted by molar-refractivity contribution is -0.142. The number of rotatable bonds is 3. The second kappa shape index (κ2) is 4.04. The molecule has 5 nitrogen and oxygen atoms in total. The van der Waals surface area contributed by atoms with E-state index in [2.05, 4.69) is 9.89 Å². The first kappa shape index (κ1) is 9.73. The average molecular weight is 184 g/mol. The molecule has 0 bridgehead atoms. The SMILES string of the molecule is COC(=O)[C@H](CN)c1cc(C)on1. The fraction of sp³-hybridized carbons (Fsp3) is 0.500. The van der Waals surface area contributed by atoms with E-state index in [1.54, 1.807) is 13.0 Å². The van der Waals surface area contributed by atoms with Crippen molar-refractivity contribution in [1.82, 2.24) is 5.16 Å². The first-order chi connectivity index (χ1) is 6.19. The zero-order valence-electron chi connectivity index (χ0n) is 7.61. The molecule has 0 amide bonds. The number of carbonyl (C=O) groups excluding carboxylic acids is 1. The van der Waals surface area contributed by atoms with Crippen LogP contribution in [0.15, 0.2) is 10.6 Å². The van der Waals surface area contributed by atoms with Gasteiger partial charge in [-0.15, -0.1) is 0 Å². The molecule has 1 aromatic heterocycles. The Bertz CT molecular complexity index is 295. The van der Waals surface area contributed by atoms with Gasteiger partial charge in [0.25, 0.3) is 0 Å². The van der Waals surface area contributed by atoms with Gasteiger partial charge in [-0.2, -0.15) is 0 Å². The number of hydrogen-bond acceptors (Lipinski definition) is 5. The number of esters is 1. The third kappa shape index (κ3) is 2.06. The molecule has 2 N–H and O–H groups in total. The van der Waals surface area contributed by atoms with E-state index in [9.17, 15) is 4.79 Å². The Hall–Kier alpha value is -1.36. The van der Waals surface area contributed by atoms with Crippen molar-refractivity contribution in [3.63, 3.8) is 0 Å². The average Bonchev–Trinajstić information content (AvgIpc) is 2.53. The maximum absolute atomic E-state index is 11.2. The molecular formula is C8H12N2O3. The highest BCUT2D eigenvalue weighted by atomic mass is 16.5. The highest BCUT2D eigenvalue weighted by Crippen LogP contribution is 2.15. The van der Waals surface area contributed by atoms with Crippen LogP contribution in [0.2, 0.25) is 0 Å². The fourth-order valence-corrected chi connectivity index (χ4v) is 1.03. The largest absolute Gasteiger partial charge is 0.468 e. The molecule has 0 saturated heterocycles. The Labute approximate surface area is 75.8 Å². The van der Waals surface area contributed by atoms with Gasteiger partial charge in [-0.05, 0) is 6.92 Å². The van der Waals surface area contributed by atoms with Crippen molar-refractivity contribution in [2.75, 3.05) is 13.7 Å². The lowest BCUT2D eigenvalue weighted by Crippen LogP contribution is -2.22. The number of ether oxygens (including phenoxy) is 1. The molecule has 0 aliphatic rings. The van der Waals surface area contributed by atoms with Crippen molar-refractivity contribution in [2.24, 2.45) is 5.73 Å². The molecule has 5 heteroatoms. The van der Waals surface area contributed by atoms with Gasteiger partial charge in [0.15, 0.2) is 0 Å². The summed E-state index contributed by atoms with van der Waals surface area (Å²) in [6, 6.07) is 1.68. The number of aromatic nitrogens is 1. The van der Waals surface area contributed by atoms with Gasteiger partial charge < -0.3 is 15.0 Å². The van der Waals surface area contributed by atoms with Gasteiger partial charge >= 0.3 is 5.97 Å². The van der Waals surface area contributed by atoms with E-state index < -0.39 is 11.9 Å². The van der Waals surface area contributed by atoms with Gasteiger partial charge in [-0.3, -0.25) is 4.79 Å². The topological polar surface area (TPSA) is 78.4 Å². The van der Waals surface area contributed by atoms with E-state index in [-0.39, 0.29) is 6.54 Å². The van der Waals surface area contributed by atoms with Crippen LogP contribution in [0.3, 0.4) is 0 Å². The third-order valence-electron chi connectivity index (χ3n) is 1.72. The quantitative estimate of drug-likeness (QED) is 0.679. The zero-order valence-corrected chi connectivity index (χ0v) is 7.61. The minimum atomic E-state index is -0.526. The van der Waals surface area contributed by atoms with Crippen LogP contribution in [0.4, 0.5) is 0 Å². The smallest absolute Gasteiger partial charge is 0.316 e. The Balaban J connectivity index is 2.84. The first-order valence-corrected chi connectivity index (χ1v) is 3.90. The number of methoxy groups -OCH3 is 1. The van der Waals surface area contributed by atoms with Gasteiger partial charge in [0.2, 0.25) is 0 Å². The van der Waals surface area contributed by atoms with Crippen molar-refractivity contribution in [3.05, 3.63) is 17.5 Å². The molecule has 72 valence electrons. The van der Waals surface area contributed by atoms with Gasteiger partial charge in [0.1, 0.15) is 11.7 Å². The maximum Gasteiger partial charge on any atom is 0.316 e. The van der Waals surface area contributed by atoms with Gasteiger partial charge in [0, 0.05) is 12.6 Å². The summed E-state index contributed by atoms with van der Waals surface area (Å²) in [5.74, 6) is -0.268. The monoisotopic (exact) mass is 184 g/mol. The molecule has 1 aromatic rings. The number of nitrogens with two attached hydrogens (primary N) is 1. The van der Waals surface area contributed by atoms with E-state index >= 15 is 0 Å². The van der Waals surface area contributed by atoms with Crippen LogP contribution in [0, 0.1) is 6.92 Å². The minimum absolute atomic E-state index is 0.165. The van der Waals surface area contributed by atoms with Crippen LogP contribution >= 0.6 is 0 Å². The van der Waals surface area contributed by atoms with Crippen molar-refractivity contribution < 1.29 is 14.1 Å². The maximum atomic E-state index is 11.2. The molecule has 0 fully saturated rings. The molecule has 0 spiro atoms. The van der Waals surface area contributed by atoms with Crippen molar-refractivity contribution in [1.29, 1.82) is 0 Å². The summed E-state index contributed by atoms with van der Waals surface area (Å²) < 4.78 is 9.39. The van der Waals surface area contributed by atoms with Crippen LogP contribution in [0.25, 0.3) is 0 Å². The highest BCUT2D eigenvalue weighted by Gasteiger charge is 2.22. The van der Waals surface area contributed by atoms with E-state index in [4.69, 9.17) is 10.3 Å². The van der Waals surface area contributed by atoms with E-state index in [1.165, 1.54) is 7.11 Å². The number of nitrogens with zero attached hydrogens (tertiary/aromatic N) is 1. The summed E-state index contributed by atoms with van der Waals surface area (Å²) in [7, 11) is 1.32. The first-order valence-electron chi connectivity index (χ1n) is 3.90. The second-order valence-electron chi connectivity index (χ2n) is 2.67. The summed E-state index contributed by atoms with van der Waals surface area (Å²) >= 11 is 0. The molecule has 0 aromatic carbocycles. The standard InChI is InChI=1S/C8H12N2O3/c1-5-3-7(10-13-5)6(4-9)8(11)12-2/h3,6H,4,9H2,1-2H3/t6-/m1/s1. The highest BCUT2D eigenvalue weighted by molar-refractivity contribution is 5.77. The van der Waals surface area contributed by atoms with Crippen LogP contribution in [-0.2, 0) is 9.53 Å². The molecule has 1 atom stereocenters. The molecule has 1 heterocycles. The van der Waals surface area contributed by atoms with E-state index in [1.807, 2.05) is 0 Å². The van der Waals surface area contributed by atoms with Gasteiger partial charge in [-0.1, -0.05) is 5.16 Å². The molecular weight excluding hydrogens is 172 g/mol. The van der Waals surface area contributed by atoms with Crippen LogP contribution in [-0.4, -0.2) is 24.8 Å². The fourth-order valence-electron chi connectivity index (χ4n) is 1.03. The molecule has 0 aliphatic heterocycles. The second-order valence-corrected chi connectivity index (χ2v) is 2.67. The molecule has 1 rings (SSSR count). The zero-order chi connectivity index (χ0) is 9.84. The summed E-state index contributed by atoms with van der Waals surface area (Å²) in [4.78, 5) is 11.2. The summed E-state index contributed by atoms with van der Waals surface area (Å²) in [5.41, 5.74) is 5.93. The number of hydrogen-bond donors (Lipinski definition) is 1. The Morgan fingerprint density at radius 3 is 2.92 bits per heavy atom. The van der Waals surface area contributed by atoms with E-state index in [0.29, 0.717) is 11.5 Å². The number of carbonyl (C=O) groups is 1. The molecule has 13 heavy (non-hydrogen) atoms. The van der Waals surface area contributed by atoms with Crippen molar-refractivity contribution >= 4 is 5.97 Å². The predicted molar refractivity (Wildman–Crippen MR) is 45.1 cm³/mol. The van der Waals surface area contributed by atoms with Gasteiger partial charge in [0.05, 0.1) is 12.8 Å². The molecule has 0 saturated carbocycles. The normalized spacial score (nSPS) is 12.5. The third-order valence-corrected chi connectivity index (χ3v) is 1.72. The summed E-state index contributed by atoms with van der Waals surface area (Å²) in [5, 5.41) is 3.70. The van der Waals surface area contributed by atoms with Crippen molar-refractivity contribution in [2.45, 2.75) is 12.8 Å². The van der Waals surface area contributed by atoms with Crippen LogP contribution < -0.4 is 5.73 Å². The Morgan fingerprint density at radius 1 is 1.85 bits per heavy atom. The number of aryl methyl sites for hydroxylation is 1. The lowest BCUT2D eigenvalue weighted by atomic mass is 10.1. The predicted octanol–water partition coefficient (Wildman–Crippen LogP) is 0.198. The van der Waals surface area contributed by atoms with Crippen LogP contribution in [0.5, 0.6) is 0 Å². The molecule has 0 aliphatic carbocycles. The van der Waals surface area contributed by atoms with Gasteiger partial charge in [-0.25, -0.2) is 0 Å². The summed E-state index contributed by atoms with van der Waals surface area (Å²) in [6.45, 7) is 1.92. The molecule has 0 radical (unpaired) electrons. The Kier molecular flexibility index (Phi) is 3.02. The van der Waals surface area contributed by atoms with Crippen molar-refractivity contribution in [3.8, 4) is 0 Å². The lowest BCUT2D eigenvalue weighted by Gasteiger charge is -2.07. The van der Waals surface area contributed by atoms with Crippen LogP contribution in [0.1, 0.15) is 17.4 Å². The molecule has 0 unspecified atom stereocenters. The Morgan fingerprint density at radius 2 is 2.54 bits per heavy atom. The summed E-state index contributed by atoms with van der Waals surface area (Å²) in [6.07, 6.45) is 0.